The minimum atomic E-state index is -3.14. The van der Waals surface area contributed by atoms with Gasteiger partial charge in [-0.1, -0.05) is 0 Å². The smallest absolute Gasteiger partial charge is 0.214 e. The monoisotopic (exact) mass is 306 g/mol. The number of hydrogen-bond acceptors (Lipinski definition) is 5. The Morgan fingerprint density at radius 2 is 2.00 bits per heavy atom. The lowest BCUT2D eigenvalue weighted by molar-refractivity contribution is 0.00315. The lowest BCUT2D eigenvalue weighted by Gasteiger charge is -2.32. The summed E-state index contributed by atoms with van der Waals surface area (Å²) < 4.78 is 31.9. The minimum Gasteiger partial charge on any atom is -0.394 e. The molecule has 118 valence electrons. The molecule has 0 spiro atoms. The van der Waals surface area contributed by atoms with Crippen LogP contribution in [0.5, 0.6) is 0 Å². The van der Waals surface area contributed by atoms with Crippen molar-refractivity contribution in [2.75, 3.05) is 45.1 Å². The Kier molecular flexibility index (Phi) is 6.22. The van der Waals surface area contributed by atoms with Crippen LogP contribution in [0.1, 0.15) is 25.7 Å². The van der Waals surface area contributed by atoms with Crippen molar-refractivity contribution in [2.24, 2.45) is 5.92 Å². The van der Waals surface area contributed by atoms with Crippen molar-refractivity contribution in [1.29, 1.82) is 0 Å². The molecule has 2 heterocycles. The fraction of sp³-hybridized carbons (Fsp3) is 1.00. The average Bonchev–Trinajstić information content (AvgIpc) is 2.46. The van der Waals surface area contributed by atoms with Crippen molar-refractivity contribution in [3.05, 3.63) is 0 Å². The molecule has 2 N–H and O–H groups in total. The second-order valence-corrected chi connectivity index (χ2v) is 7.70. The minimum absolute atomic E-state index is 0.0210. The molecule has 1 atom stereocenters. The Hall–Kier alpha value is -0.210. The second-order valence-electron chi connectivity index (χ2n) is 5.68. The summed E-state index contributed by atoms with van der Waals surface area (Å²) in [5.41, 5.74) is 0. The topological polar surface area (TPSA) is 78.9 Å². The van der Waals surface area contributed by atoms with Crippen LogP contribution in [0.15, 0.2) is 0 Å². The summed E-state index contributed by atoms with van der Waals surface area (Å²) in [7, 11) is -3.14. The summed E-state index contributed by atoms with van der Waals surface area (Å²) in [6.07, 6.45) is 3.61. The van der Waals surface area contributed by atoms with E-state index < -0.39 is 10.0 Å². The SMILES string of the molecule is O=S(=O)(CC1CCCNC1)N1CCC(OCCO)CC1. The molecule has 7 heteroatoms. The van der Waals surface area contributed by atoms with Gasteiger partial charge in [-0.3, -0.25) is 0 Å². The molecule has 6 nitrogen and oxygen atoms in total. The summed E-state index contributed by atoms with van der Waals surface area (Å²) in [4.78, 5) is 0. The van der Waals surface area contributed by atoms with E-state index in [1.807, 2.05) is 0 Å². The van der Waals surface area contributed by atoms with E-state index in [1.54, 1.807) is 4.31 Å². The highest BCUT2D eigenvalue weighted by atomic mass is 32.2. The fourth-order valence-corrected chi connectivity index (χ4v) is 4.82. The van der Waals surface area contributed by atoms with Crippen molar-refractivity contribution in [3.8, 4) is 0 Å². The van der Waals surface area contributed by atoms with E-state index in [4.69, 9.17) is 9.84 Å². The normalized spacial score (nSPS) is 26.8. The molecule has 20 heavy (non-hydrogen) atoms. The van der Waals surface area contributed by atoms with Crippen LogP contribution in [-0.4, -0.2) is 69.1 Å². The maximum atomic E-state index is 12.4. The van der Waals surface area contributed by atoms with Gasteiger partial charge in [0.2, 0.25) is 10.0 Å². The van der Waals surface area contributed by atoms with Gasteiger partial charge in [0, 0.05) is 13.1 Å². The number of aliphatic hydroxyl groups excluding tert-OH is 1. The highest BCUT2D eigenvalue weighted by Crippen LogP contribution is 2.20. The quantitative estimate of drug-likeness (QED) is 0.710. The van der Waals surface area contributed by atoms with Gasteiger partial charge in [0.1, 0.15) is 0 Å². The van der Waals surface area contributed by atoms with Crippen molar-refractivity contribution >= 4 is 10.0 Å². The van der Waals surface area contributed by atoms with E-state index in [-0.39, 0.29) is 24.4 Å². The molecular weight excluding hydrogens is 280 g/mol. The van der Waals surface area contributed by atoms with E-state index in [0.717, 1.165) is 38.8 Å². The van der Waals surface area contributed by atoms with Gasteiger partial charge in [0.25, 0.3) is 0 Å². The molecule has 0 aromatic rings. The van der Waals surface area contributed by atoms with Gasteiger partial charge in [-0.25, -0.2) is 12.7 Å². The third-order valence-electron chi connectivity index (χ3n) is 4.08. The van der Waals surface area contributed by atoms with Gasteiger partial charge in [-0.05, 0) is 44.7 Å². The van der Waals surface area contributed by atoms with Crippen molar-refractivity contribution in [3.63, 3.8) is 0 Å². The summed E-state index contributed by atoms with van der Waals surface area (Å²) >= 11 is 0. The Labute approximate surface area is 121 Å². The van der Waals surface area contributed by atoms with Gasteiger partial charge in [-0.15, -0.1) is 0 Å². The summed E-state index contributed by atoms with van der Waals surface area (Å²) in [6.45, 7) is 3.26. The molecule has 2 fully saturated rings. The third kappa shape index (κ3) is 4.66. The molecule has 0 amide bonds. The van der Waals surface area contributed by atoms with Crippen LogP contribution in [-0.2, 0) is 14.8 Å². The first kappa shape index (κ1) is 16.2. The lowest BCUT2D eigenvalue weighted by Crippen LogP contribution is -2.44. The zero-order chi connectivity index (χ0) is 14.4. The average molecular weight is 306 g/mol. The summed E-state index contributed by atoms with van der Waals surface area (Å²) in [5, 5.41) is 12.0. The van der Waals surface area contributed by atoms with Crippen LogP contribution < -0.4 is 5.32 Å². The van der Waals surface area contributed by atoms with E-state index >= 15 is 0 Å². The molecule has 1 unspecified atom stereocenters. The van der Waals surface area contributed by atoms with E-state index in [9.17, 15) is 8.42 Å². The number of rotatable bonds is 6. The number of hydrogen-bond donors (Lipinski definition) is 2. The van der Waals surface area contributed by atoms with Crippen molar-refractivity contribution in [1.82, 2.24) is 9.62 Å². The second kappa shape index (κ2) is 7.70. The molecule has 0 saturated carbocycles. The molecule has 2 saturated heterocycles. The molecule has 0 radical (unpaired) electrons. The molecule has 0 aromatic heterocycles. The van der Waals surface area contributed by atoms with Crippen LogP contribution in [0.2, 0.25) is 0 Å². The van der Waals surface area contributed by atoms with Crippen molar-refractivity contribution < 1.29 is 18.3 Å². The maximum absolute atomic E-state index is 12.4. The molecule has 0 aliphatic carbocycles. The van der Waals surface area contributed by atoms with Gasteiger partial charge in [0.05, 0.1) is 25.1 Å². The standard InChI is InChI=1S/C13H26N2O4S/c16-8-9-19-13-3-6-15(7-4-13)20(17,18)11-12-2-1-5-14-10-12/h12-14,16H,1-11H2. The predicted molar refractivity (Wildman–Crippen MR) is 77.0 cm³/mol. The Morgan fingerprint density at radius 1 is 1.25 bits per heavy atom. The van der Waals surface area contributed by atoms with Gasteiger partial charge in [-0.2, -0.15) is 0 Å². The highest BCUT2D eigenvalue weighted by molar-refractivity contribution is 7.89. The number of piperidine rings is 2. The molecule has 2 aliphatic heterocycles. The maximum Gasteiger partial charge on any atom is 0.214 e. The number of nitrogens with one attached hydrogen (secondary N) is 1. The first-order chi connectivity index (χ1) is 9.62. The molecule has 0 bridgehead atoms. The number of nitrogens with zero attached hydrogens (tertiary/aromatic N) is 1. The van der Waals surface area contributed by atoms with Crippen molar-refractivity contribution in [2.45, 2.75) is 31.8 Å². The highest BCUT2D eigenvalue weighted by Gasteiger charge is 2.30. The largest absolute Gasteiger partial charge is 0.394 e. The fourth-order valence-electron chi connectivity index (χ4n) is 2.97. The number of aliphatic hydroxyl groups is 1. The molecule has 2 rings (SSSR count). The molecule has 2 aliphatic rings. The van der Waals surface area contributed by atoms with Gasteiger partial charge >= 0.3 is 0 Å². The van der Waals surface area contributed by atoms with Crippen LogP contribution in [0.3, 0.4) is 0 Å². The molecular formula is C13H26N2O4S. The first-order valence-electron chi connectivity index (χ1n) is 7.53. The van der Waals surface area contributed by atoms with E-state index in [2.05, 4.69) is 5.32 Å². The van der Waals surface area contributed by atoms with Crippen LogP contribution in [0, 0.1) is 5.92 Å². The summed E-state index contributed by atoms with van der Waals surface area (Å²) in [5.74, 6) is 0.513. The van der Waals surface area contributed by atoms with Gasteiger partial charge < -0.3 is 15.2 Å². The molecule has 0 aromatic carbocycles. The summed E-state index contributed by atoms with van der Waals surface area (Å²) in [6, 6.07) is 0. The van der Waals surface area contributed by atoms with E-state index in [0.29, 0.717) is 19.7 Å². The first-order valence-corrected chi connectivity index (χ1v) is 9.14. The van der Waals surface area contributed by atoms with Gasteiger partial charge in [0.15, 0.2) is 0 Å². The van der Waals surface area contributed by atoms with E-state index in [1.165, 1.54) is 0 Å². The number of sulfonamides is 1. The predicted octanol–water partition coefficient (Wildman–Crippen LogP) is -0.211. The van der Waals surface area contributed by atoms with Crippen LogP contribution in [0.25, 0.3) is 0 Å². The zero-order valence-corrected chi connectivity index (χ0v) is 12.8. The Bertz CT molecular complexity index is 374. The number of ether oxygens (including phenoxy) is 1. The van der Waals surface area contributed by atoms with Crippen LogP contribution >= 0.6 is 0 Å². The lowest BCUT2D eigenvalue weighted by atomic mass is 10.0. The van der Waals surface area contributed by atoms with Crippen LogP contribution in [0.4, 0.5) is 0 Å². The zero-order valence-electron chi connectivity index (χ0n) is 12.0. The Morgan fingerprint density at radius 3 is 2.60 bits per heavy atom. The third-order valence-corrected chi connectivity index (χ3v) is 6.13. The Balaban J connectivity index is 1.79.